The second kappa shape index (κ2) is 4.88. The molecule has 0 aliphatic carbocycles. The van der Waals surface area contributed by atoms with E-state index in [9.17, 15) is 0 Å². The SMILES string of the molecule is Cc1cc(NC[C@@H]2Cc3ccccc3O2)nc(C)n1. The number of fused-ring (bicyclic) bond motifs is 1. The van der Waals surface area contributed by atoms with Gasteiger partial charge in [-0.25, -0.2) is 9.97 Å². The van der Waals surface area contributed by atoms with E-state index in [1.54, 1.807) is 0 Å². The smallest absolute Gasteiger partial charge is 0.130 e. The Balaban J connectivity index is 1.62. The van der Waals surface area contributed by atoms with Gasteiger partial charge in [-0.15, -0.1) is 0 Å². The van der Waals surface area contributed by atoms with E-state index in [0.717, 1.165) is 36.1 Å². The quantitative estimate of drug-likeness (QED) is 0.915. The first-order chi connectivity index (χ1) is 9.20. The molecule has 98 valence electrons. The average molecular weight is 255 g/mol. The molecule has 0 saturated carbocycles. The van der Waals surface area contributed by atoms with Gasteiger partial charge in [-0.05, 0) is 25.5 Å². The standard InChI is InChI=1S/C15H17N3O/c1-10-7-15(18-11(2)17-10)16-9-13-8-12-5-3-4-6-14(12)19-13/h3-7,13H,8-9H2,1-2H3,(H,16,17,18)/t13-/m0/s1. The van der Waals surface area contributed by atoms with Crippen LogP contribution in [0.4, 0.5) is 5.82 Å². The average Bonchev–Trinajstić information content (AvgIpc) is 2.78. The lowest BCUT2D eigenvalue weighted by Gasteiger charge is -2.12. The predicted molar refractivity (Wildman–Crippen MR) is 74.6 cm³/mol. The largest absolute Gasteiger partial charge is 0.488 e. The van der Waals surface area contributed by atoms with Crippen molar-refractivity contribution in [2.24, 2.45) is 0 Å². The molecule has 1 aromatic carbocycles. The van der Waals surface area contributed by atoms with Gasteiger partial charge in [0.15, 0.2) is 0 Å². The van der Waals surface area contributed by atoms with Crippen LogP contribution in [0.15, 0.2) is 30.3 Å². The summed E-state index contributed by atoms with van der Waals surface area (Å²) in [5.41, 5.74) is 2.26. The maximum Gasteiger partial charge on any atom is 0.130 e. The molecule has 0 fully saturated rings. The number of benzene rings is 1. The highest BCUT2D eigenvalue weighted by Gasteiger charge is 2.21. The van der Waals surface area contributed by atoms with E-state index < -0.39 is 0 Å². The fourth-order valence-corrected chi connectivity index (χ4v) is 2.39. The van der Waals surface area contributed by atoms with Gasteiger partial charge in [-0.2, -0.15) is 0 Å². The van der Waals surface area contributed by atoms with E-state index in [1.165, 1.54) is 5.56 Å². The molecule has 3 rings (SSSR count). The summed E-state index contributed by atoms with van der Waals surface area (Å²) in [7, 11) is 0. The van der Waals surface area contributed by atoms with Gasteiger partial charge in [-0.1, -0.05) is 18.2 Å². The van der Waals surface area contributed by atoms with Gasteiger partial charge in [-0.3, -0.25) is 0 Å². The van der Waals surface area contributed by atoms with E-state index in [1.807, 2.05) is 32.0 Å². The molecule has 1 atom stereocenters. The maximum atomic E-state index is 5.88. The van der Waals surface area contributed by atoms with Crippen molar-refractivity contribution in [1.82, 2.24) is 9.97 Å². The minimum absolute atomic E-state index is 0.174. The minimum atomic E-state index is 0.174. The first-order valence-corrected chi connectivity index (χ1v) is 6.51. The third-order valence-electron chi connectivity index (χ3n) is 3.19. The fourth-order valence-electron chi connectivity index (χ4n) is 2.39. The molecule has 0 unspecified atom stereocenters. The van der Waals surface area contributed by atoms with Gasteiger partial charge in [0, 0.05) is 18.2 Å². The van der Waals surface area contributed by atoms with Crippen molar-refractivity contribution in [2.75, 3.05) is 11.9 Å². The van der Waals surface area contributed by atoms with Crippen LogP contribution in [0.5, 0.6) is 5.75 Å². The molecule has 0 bridgehead atoms. The van der Waals surface area contributed by atoms with Crippen LogP contribution in [-0.4, -0.2) is 22.6 Å². The number of rotatable bonds is 3. The predicted octanol–water partition coefficient (Wildman–Crippen LogP) is 2.51. The molecule has 0 spiro atoms. The van der Waals surface area contributed by atoms with Crippen molar-refractivity contribution in [3.63, 3.8) is 0 Å². The van der Waals surface area contributed by atoms with Crippen molar-refractivity contribution >= 4 is 5.82 Å². The second-order valence-electron chi connectivity index (χ2n) is 4.87. The number of hydrogen-bond donors (Lipinski definition) is 1. The summed E-state index contributed by atoms with van der Waals surface area (Å²) < 4.78 is 5.88. The zero-order chi connectivity index (χ0) is 13.2. The van der Waals surface area contributed by atoms with E-state index in [2.05, 4.69) is 27.4 Å². The van der Waals surface area contributed by atoms with Gasteiger partial charge >= 0.3 is 0 Å². The van der Waals surface area contributed by atoms with Crippen LogP contribution in [0.3, 0.4) is 0 Å². The Labute approximate surface area is 112 Å². The highest BCUT2D eigenvalue weighted by Crippen LogP contribution is 2.28. The number of ether oxygens (including phenoxy) is 1. The topological polar surface area (TPSA) is 47.0 Å². The Bertz CT molecular complexity index is 552. The molecule has 1 N–H and O–H groups in total. The van der Waals surface area contributed by atoms with E-state index in [0.29, 0.717) is 0 Å². The van der Waals surface area contributed by atoms with Crippen LogP contribution in [-0.2, 0) is 6.42 Å². The van der Waals surface area contributed by atoms with E-state index in [4.69, 9.17) is 4.74 Å². The van der Waals surface area contributed by atoms with E-state index >= 15 is 0 Å². The summed E-state index contributed by atoms with van der Waals surface area (Å²) in [6.07, 6.45) is 1.12. The van der Waals surface area contributed by atoms with Crippen molar-refractivity contribution in [2.45, 2.75) is 26.4 Å². The zero-order valence-electron chi connectivity index (χ0n) is 11.2. The number of anilines is 1. The summed E-state index contributed by atoms with van der Waals surface area (Å²) in [5.74, 6) is 2.66. The lowest BCUT2D eigenvalue weighted by Crippen LogP contribution is -2.24. The van der Waals surface area contributed by atoms with Crippen molar-refractivity contribution in [3.05, 3.63) is 47.4 Å². The van der Waals surface area contributed by atoms with Crippen LogP contribution >= 0.6 is 0 Å². The third kappa shape index (κ3) is 2.67. The summed E-state index contributed by atoms with van der Waals surface area (Å²) in [6.45, 7) is 4.63. The molecule has 19 heavy (non-hydrogen) atoms. The molecule has 0 radical (unpaired) electrons. The Kier molecular flexibility index (Phi) is 3.07. The van der Waals surface area contributed by atoms with Gasteiger partial charge in [0.25, 0.3) is 0 Å². The summed E-state index contributed by atoms with van der Waals surface area (Å²) in [5, 5.41) is 3.33. The first kappa shape index (κ1) is 12.0. The molecule has 0 amide bonds. The highest BCUT2D eigenvalue weighted by atomic mass is 16.5. The van der Waals surface area contributed by atoms with Crippen molar-refractivity contribution in [1.29, 1.82) is 0 Å². The number of hydrogen-bond acceptors (Lipinski definition) is 4. The highest BCUT2D eigenvalue weighted by molar-refractivity contribution is 5.39. The maximum absolute atomic E-state index is 5.88. The van der Waals surface area contributed by atoms with Crippen LogP contribution in [0.1, 0.15) is 17.1 Å². The number of aryl methyl sites for hydroxylation is 2. The number of para-hydroxylation sites is 1. The summed E-state index contributed by atoms with van der Waals surface area (Å²) >= 11 is 0. The van der Waals surface area contributed by atoms with Crippen LogP contribution < -0.4 is 10.1 Å². The Morgan fingerprint density at radius 3 is 2.89 bits per heavy atom. The Morgan fingerprint density at radius 2 is 2.11 bits per heavy atom. The van der Waals surface area contributed by atoms with Crippen molar-refractivity contribution < 1.29 is 4.74 Å². The molecule has 4 nitrogen and oxygen atoms in total. The van der Waals surface area contributed by atoms with Gasteiger partial charge in [0.2, 0.25) is 0 Å². The van der Waals surface area contributed by atoms with Crippen molar-refractivity contribution in [3.8, 4) is 5.75 Å². The Morgan fingerprint density at radius 1 is 1.26 bits per heavy atom. The zero-order valence-corrected chi connectivity index (χ0v) is 11.2. The monoisotopic (exact) mass is 255 g/mol. The van der Waals surface area contributed by atoms with Crippen LogP contribution in [0, 0.1) is 13.8 Å². The lowest BCUT2D eigenvalue weighted by molar-refractivity contribution is 0.246. The lowest BCUT2D eigenvalue weighted by atomic mass is 10.1. The van der Waals surface area contributed by atoms with Gasteiger partial charge < -0.3 is 10.1 Å². The van der Waals surface area contributed by atoms with Gasteiger partial charge in [0.1, 0.15) is 23.5 Å². The normalized spacial score (nSPS) is 16.8. The molecule has 0 saturated heterocycles. The molecule has 2 heterocycles. The number of aromatic nitrogens is 2. The van der Waals surface area contributed by atoms with Gasteiger partial charge in [0.05, 0.1) is 6.54 Å². The molecule has 1 aliphatic heterocycles. The first-order valence-electron chi connectivity index (χ1n) is 6.51. The second-order valence-corrected chi connectivity index (χ2v) is 4.87. The fraction of sp³-hybridized carbons (Fsp3) is 0.333. The molecule has 1 aliphatic rings. The molecule has 2 aromatic rings. The molecular weight excluding hydrogens is 238 g/mol. The number of nitrogens with one attached hydrogen (secondary N) is 1. The van der Waals surface area contributed by atoms with E-state index in [-0.39, 0.29) is 6.10 Å². The Hall–Kier alpha value is -2.10. The molecule has 1 aromatic heterocycles. The summed E-state index contributed by atoms with van der Waals surface area (Å²) in [6, 6.07) is 10.2. The van der Waals surface area contributed by atoms with Crippen LogP contribution in [0.25, 0.3) is 0 Å². The van der Waals surface area contributed by atoms with Crippen LogP contribution in [0.2, 0.25) is 0 Å². The third-order valence-corrected chi connectivity index (χ3v) is 3.19. The number of nitrogens with zero attached hydrogens (tertiary/aromatic N) is 2. The molecular formula is C15H17N3O. The molecule has 4 heteroatoms. The minimum Gasteiger partial charge on any atom is -0.488 e. The summed E-state index contributed by atoms with van der Waals surface area (Å²) in [4.78, 5) is 8.63.